The van der Waals surface area contributed by atoms with Crippen molar-refractivity contribution >= 4 is 33.2 Å². The first-order valence-corrected chi connectivity index (χ1v) is 6.83. The van der Waals surface area contributed by atoms with Crippen LogP contribution in [0.2, 0.25) is 0 Å². The highest BCUT2D eigenvalue weighted by atomic mass is 79.9. The number of carbonyl (C=O) groups is 1. The van der Waals surface area contributed by atoms with Gasteiger partial charge in [-0.05, 0) is 33.6 Å². The van der Waals surface area contributed by atoms with Crippen LogP contribution in [-0.2, 0) is 4.79 Å². The van der Waals surface area contributed by atoms with Gasteiger partial charge in [0.2, 0.25) is 5.91 Å². The van der Waals surface area contributed by atoms with E-state index < -0.39 is 16.9 Å². The normalized spacial score (nSPS) is 11.7. The van der Waals surface area contributed by atoms with Gasteiger partial charge in [0.1, 0.15) is 6.04 Å². The Kier molecular flexibility index (Phi) is 4.66. The highest BCUT2D eigenvalue weighted by Gasteiger charge is 2.18. The lowest BCUT2D eigenvalue weighted by atomic mass is 10.1. The second kappa shape index (κ2) is 6.47. The Morgan fingerprint density at radius 1 is 1.24 bits per heavy atom. The second-order valence-electron chi connectivity index (χ2n) is 4.30. The van der Waals surface area contributed by atoms with E-state index in [9.17, 15) is 14.9 Å². The third-order valence-electron chi connectivity index (χ3n) is 2.85. The van der Waals surface area contributed by atoms with Gasteiger partial charge >= 0.3 is 0 Å². The van der Waals surface area contributed by atoms with E-state index in [2.05, 4.69) is 21.2 Å². The summed E-state index contributed by atoms with van der Waals surface area (Å²) in [7, 11) is 0. The van der Waals surface area contributed by atoms with Crippen molar-refractivity contribution in [2.45, 2.75) is 6.04 Å². The van der Waals surface area contributed by atoms with Gasteiger partial charge in [-0.2, -0.15) is 0 Å². The van der Waals surface area contributed by atoms with E-state index in [0.717, 1.165) is 0 Å². The van der Waals surface area contributed by atoms with Crippen molar-refractivity contribution in [3.8, 4) is 0 Å². The van der Waals surface area contributed by atoms with Crippen molar-refractivity contribution in [3.05, 3.63) is 68.7 Å². The number of anilines is 1. The summed E-state index contributed by atoms with van der Waals surface area (Å²) in [5, 5.41) is 13.4. The van der Waals surface area contributed by atoms with Crippen molar-refractivity contribution in [1.82, 2.24) is 0 Å². The van der Waals surface area contributed by atoms with E-state index in [4.69, 9.17) is 5.73 Å². The molecule has 0 saturated carbocycles. The lowest BCUT2D eigenvalue weighted by Crippen LogP contribution is -2.27. The van der Waals surface area contributed by atoms with Crippen LogP contribution in [0.1, 0.15) is 11.6 Å². The van der Waals surface area contributed by atoms with Gasteiger partial charge in [-0.1, -0.05) is 30.3 Å². The number of nitro benzene ring substituents is 1. The molecule has 3 N–H and O–H groups in total. The van der Waals surface area contributed by atoms with Crippen molar-refractivity contribution in [3.63, 3.8) is 0 Å². The topological polar surface area (TPSA) is 98.3 Å². The van der Waals surface area contributed by atoms with Crippen LogP contribution in [0.5, 0.6) is 0 Å². The minimum atomic E-state index is -0.839. The molecule has 7 heteroatoms. The Labute approximate surface area is 129 Å². The molecule has 0 radical (unpaired) electrons. The van der Waals surface area contributed by atoms with Crippen LogP contribution in [0.25, 0.3) is 0 Å². The fourth-order valence-corrected chi connectivity index (χ4v) is 2.15. The maximum absolute atomic E-state index is 12.1. The first-order chi connectivity index (χ1) is 9.99. The molecule has 0 aliphatic heterocycles. The molecule has 1 atom stereocenters. The van der Waals surface area contributed by atoms with E-state index in [0.29, 0.717) is 15.7 Å². The summed E-state index contributed by atoms with van der Waals surface area (Å²) in [6.07, 6.45) is 0. The van der Waals surface area contributed by atoms with Gasteiger partial charge in [-0.3, -0.25) is 14.9 Å². The number of nitrogens with zero attached hydrogens (tertiary/aromatic N) is 1. The van der Waals surface area contributed by atoms with Crippen LogP contribution in [0.4, 0.5) is 11.4 Å². The van der Waals surface area contributed by atoms with E-state index in [1.807, 2.05) is 6.07 Å². The minimum Gasteiger partial charge on any atom is -0.324 e. The molecule has 0 unspecified atom stereocenters. The zero-order valence-electron chi connectivity index (χ0n) is 10.8. The molecule has 0 heterocycles. The van der Waals surface area contributed by atoms with Crippen LogP contribution in [0.15, 0.2) is 53.0 Å². The van der Waals surface area contributed by atoms with Gasteiger partial charge in [0.25, 0.3) is 5.69 Å². The maximum atomic E-state index is 12.1. The summed E-state index contributed by atoms with van der Waals surface area (Å²) in [5.74, 6) is -0.433. The van der Waals surface area contributed by atoms with Crippen LogP contribution in [-0.4, -0.2) is 10.8 Å². The molecule has 0 saturated heterocycles. The zero-order valence-corrected chi connectivity index (χ0v) is 12.4. The van der Waals surface area contributed by atoms with Crippen LogP contribution in [0.3, 0.4) is 0 Å². The molecule has 108 valence electrons. The molecular formula is C14H12BrN3O3. The molecule has 0 aliphatic rings. The molecule has 0 aromatic heterocycles. The Morgan fingerprint density at radius 3 is 2.52 bits per heavy atom. The van der Waals surface area contributed by atoms with Gasteiger partial charge in [-0.25, -0.2) is 0 Å². The monoisotopic (exact) mass is 349 g/mol. The summed E-state index contributed by atoms with van der Waals surface area (Å²) in [5.41, 5.74) is 6.72. The number of nitrogens with two attached hydrogens (primary N) is 1. The summed E-state index contributed by atoms with van der Waals surface area (Å²) >= 11 is 3.08. The summed E-state index contributed by atoms with van der Waals surface area (Å²) in [4.78, 5) is 22.4. The highest BCUT2D eigenvalue weighted by molar-refractivity contribution is 9.10. The predicted molar refractivity (Wildman–Crippen MR) is 82.8 cm³/mol. The largest absolute Gasteiger partial charge is 0.324 e. The summed E-state index contributed by atoms with van der Waals surface area (Å²) in [6.45, 7) is 0. The van der Waals surface area contributed by atoms with Gasteiger partial charge in [0, 0.05) is 11.8 Å². The molecule has 0 aliphatic carbocycles. The third-order valence-corrected chi connectivity index (χ3v) is 3.52. The standard InChI is InChI=1S/C14H12BrN3O3/c15-11-7-6-10(8-12(11)18(20)21)17-14(19)13(16)9-4-2-1-3-5-9/h1-8,13H,16H2,(H,17,19)/t13-/m0/s1. The third kappa shape index (κ3) is 3.65. The first-order valence-electron chi connectivity index (χ1n) is 6.04. The molecule has 1 amide bonds. The lowest BCUT2D eigenvalue weighted by molar-refractivity contribution is -0.385. The van der Waals surface area contributed by atoms with Crippen LogP contribution < -0.4 is 11.1 Å². The Morgan fingerprint density at radius 2 is 1.90 bits per heavy atom. The number of nitrogens with one attached hydrogen (secondary N) is 1. The number of hydrogen-bond acceptors (Lipinski definition) is 4. The number of carbonyl (C=O) groups excluding carboxylic acids is 1. The molecule has 21 heavy (non-hydrogen) atoms. The number of nitro groups is 1. The molecule has 2 aromatic rings. The van der Waals surface area contributed by atoms with E-state index in [-0.39, 0.29) is 5.69 Å². The van der Waals surface area contributed by atoms with Crippen molar-refractivity contribution < 1.29 is 9.72 Å². The molecule has 0 spiro atoms. The van der Waals surface area contributed by atoms with E-state index in [1.165, 1.54) is 12.1 Å². The van der Waals surface area contributed by atoms with Gasteiger partial charge in [-0.15, -0.1) is 0 Å². The van der Waals surface area contributed by atoms with Gasteiger partial charge in [0.15, 0.2) is 0 Å². The molecule has 2 aromatic carbocycles. The fourth-order valence-electron chi connectivity index (χ4n) is 1.76. The number of hydrogen-bond donors (Lipinski definition) is 2. The van der Waals surface area contributed by atoms with Gasteiger partial charge < -0.3 is 11.1 Å². The maximum Gasteiger partial charge on any atom is 0.285 e. The number of amides is 1. The molecule has 6 nitrogen and oxygen atoms in total. The average Bonchev–Trinajstić information content (AvgIpc) is 2.49. The molecule has 0 bridgehead atoms. The van der Waals surface area contributed by atoms with Crippen molar-refractivity contribution in [1.29, 1.82) is 0 Å². The predicted octanol–water partition coefficient (Wildman–Crippen LogP) is 3.00. The second-order valence-corrected chi connectivity index (χ2v) is 5.16. The average molecular weight is 350 g/mol. The minimum absolute atomic E-state index is 0.124. The van der Waals surface area contributed by atoms with Crippen LogP contribution >= 0.6 is 15.9 Å². The smallest absolute Gasteiger partial charge is 0.285 e. The van der Waals surface area contributed by atoms with Crippen molar-refractivity contribution in [2.75, 3.05) is 5.32 Å². The Hall–Kier alpha value is -2.25. The fraction of sp³-hybridized carbons (Fsp3) is 0.0714. The molecular weight excluding hydrogens is 338 g/mol. The van der Waals surface area contributed by atoms with Gasteiger partial charge in [0.05, 0.1) is 9.40 Å². The summed E-state index contributed by atoms with van der Waals surface area (Å²) in [6, 6.07) is 12.4. The Balaban J connectivity index is 2.16. The van der Waals surface area contributed by atoms with Crippen molar-refractivity contribution in [2.24, 2.45) is 5.73 Å². The SMILES string of the molecule is N[C@H](C(=O)Nc1ccc(Br)c([N+](=O)[O-])c1)c1ccccc1. The summed E-state index contributed by atoms with van der Waals surface area (Å²) < 4.78 is 0.345. The zero-order chi connectivity index (χ0) is 15.4. The first kappa shape index (κ1) is 15.1. The quantitative estimate of drug-likeness (QED) is 0.654. The number of halogens is 1. The van der Waals surface area contributed by atoms with E-state index >= 15 is 0 Å². The lowest BCUT2D eigenvalue weighted by Gasteiger charge is -2.12. The molecule has 0 fully saturated rings. The number of rotatable bonds is 4. The van der Waals surface area contributed by atoms with Crippen LogP contribution in [0, 0.1) is 10.1 Å². The molecule has 2 rings (SSSR count). The Bertz CT molecular complexity index is 676. The highest BCUT2D eigenvalue weighted by Crippen LogP contribution is 2.28. The van der Waals surface area contributed by atoms with E-state index in [1.54, 1.807) is 30.3 Å². The number of benzene rings is 2.